The van der Waals surface area contributed by atoms with Crippen LogP contribution in [0.3, 0.4) is 0 Å². The van der Waals surface area contributed by atoms with Crippen molar-refractivity contribution in [3.8, 4) is 0 Å². The van der Waals surface area contributed by atoms with E-state index in [9.17, 15) is 13.2 Å². The lowest BCUT2D eigenvalue weighted by Gasteiger charge is -2.15. The van der Waals surface area contributed by atoms with E-state index in [1.165, 1.54) is 17.0 Å². The number of amides is 2. The molecule has 0 radical (unpaired) electrons. The van der Waals surface area contributed by atoms with Gasteiger partial charge in [0.05, 0.1) is 4.90 Å². The smallest absolute Gasteiger partial charge is 0.321 e. The molecule has 0 saturated heterocycles. The van der Waals surface area contributed by atoms with Gasteiger partial charge in [0.2, 0.25) is 10.0 Å². The second-order valence-electron chi connectivity index (χ2n) is 3.80. The summed E-state index contributed by atoms with van der Waals surface area (Å²) in [6.07, 6.45) is 0. The van der Waals surface area contributed by atoms with Crippen LogP contribution in [-0.2, 0) is 10.0 Å². The summed E-state index contributed by atoms with van der Waals surface area (Å²) in [4.78, 5) is 12.8. The Labute approximate surface area is 100 Å². The van der Waals surface area contributed by atoms with Gasteiger partial charge in [0.25, 0.3) is 0 Å². The van der Waals surface area contributed by atoms with Gasteiger partial charge in [-0.2, -0.15) is 0 Å². The summed E-state index contributed by atoms with van der Waals surface area (Å²) in [5, 5.41) is 7.66. The molecule has 0 aliphatic heterocycles. The second-order valence-corrected chi connectivity index (χ2v) is 5.33. The zero-order chi connectivity index (χ0) is 13.2. The molecular formula is C10H15N3O3S. The third-order valence-corrected chi connectivity index (χ3v) is 3.29. The van der Waals surface area contributed by atoms with Crippen LogP contribution >= 0.6 is 0 Å². The lowest BCUT2D eigenvalue weighted by Crippen LogP contribution is -2.28. The first-order chi connectivity index (χ1) is 7.73. The zero-order valence-corrected chi connectivity index (χ0v) is 10.7. The van der Waals surface area contributed by atoms with E-state index in [0.717, 1.165) is 0 Å². The lowest BCUT2D eigenvalue weighted by atomic mass is 10.2. The number of carbonyl (C=O) groups is 1. The predicted molar refractivity (Wildman–Crippen MR) is 65.3 cm³/mol. The van der Waals surface area contributed by atoms with Crippen LogP contribution in [0.4, 0.5) is 10.5 Å². The van der Waals surface area contributed by atoms with E-state index >= 15 is 0 Å². The van der Waals surface area contributed by atoms with Crippen LogP contribution in [-0.4, -0.2) is 33.4 Å². The van der Waals surface area contributed by atoms with Gasteiger partial charge < -0.3 is 10.2 Å². The summed E-state index contributed by atoms with van der Waals surface area (Å²) < 4.78 is 22.6. The van der Waals surface area contributed by atoms with Crippen LogP contribution in [0, 0.1) is 6.92 Å². The van der Waals surface area contributed by atoms with Gasteiger partial charge in [0.15, 0.2) is 0 Å². The molecule has 0 unspecified atom stereocenters. The molecule has 0 heterocycles. The molecule has 1 aromatic carbocycles. The number of hydrogen-bond acceptors (Lipinski definition) is 3. The van der Waals surface area contributed by atoms with E-state index in [1.807, 2.05) is 0 Å². The molecule has 0 aromatic heterocycles. The van der Waals surface area contributed by atoms with Crippen LogP contribution < -0.4 is 10.5 Å². The van der Waals surface area contributed by atoms with Crippen molar-refractivity contribution in [3.63, 3.8) is 0 Å². The third kappa shape index (κ3) is 3.18. The van der Waals surface area contributed by atoms with Gasteiger partial charge in [0.1, 0.15) is 0 Å². The maximum Gasteiger partial charge on any atom is 0.321 e. The summed E-state index contributed by atoms with van der Waals surface area (Å²) >= 11 is 0. The summed E-state index contributed by atoms with van der Waals surface area (Å²) in [6.45, 7) is 1.59. The Morgan fingerprint density at radius 1 is 1.35 bits per heavy atom. The average molecular weight is 257 g/mol. The fourth-order valence-corrected chi connectivity index (χ4v) is 2.09. The molecule has 94 valence electrons. The number of nitrogens with one attached hydrogen (secondary N) is 1. The largest absolute Gasteiger partial charge is 0.331 e. The maximum absolute atomic E-state index is 11.5. The number of primary sulfonamides is 1. The molecule has 6 nitrogen and oxygen atoms in total. The number of sulfonamides is 1. The molecule has 0 aliphatic carbocycles. The van der Waals surface area contributed by atoms with Crippen LogP contribution in [0.15, 0.2) is 23.1 Å². The van der Waals surface area contributed by atoms with E-state index in [4.69, 9.17) is 5.14 Å². The van der Waals surface area contributed by atoms with Crippen molar-refractivity contribution >= 4 is 21.7 Å². The highest BCUT2D eigenvalue weighted by atomic mass is 32.2. The van der Waals surface area contributed by atoms with Gasteiger partial charge in [-0.05, 0) is 24.6 Å². The normalized spacial score (nSPS) is 11.1. The molecule has 3 N–H and O–H groups in total. The molecule has 7 heteroatoms. The first kappa shape index (κ1) is 13.5. The SMILES string of the molecule is Cc1c(NC(=O)N(C)C)cccc1S(N)(=O)=O. The Kier molecular flexibility index (Phi) is 3.74. The van der Waals surface area contributed by atoms with Crippen LogP contribution in [0.1, 0.15) is 5.56 Å². The number of hydrogen-bond donors (Lipinski definition) is 2. The summed E-state index contributed by atoms with van der Waals surface area (Å²) in [5.74, 6) is 0. The minimum Gasteiger partial charge on any atom is -0.331 e. The van der Waals surface area contributed by atoms with Crippen LogP contribution in [0.25, 0.3) is 0 Å². The van der Waals surface area contributed by atoms with Gasteiger partial charge in [-0.25, -0.2) is 18.4 Å². The highest BCUT2D eigenvalue weighted by Crippen LogP contribution is 2.22. The van der Waals surface area contributed by atoms with Crippen molar-refractivity contribution in [3.05, 3.63) is 23.8 Å². The number of benzene rings is 1. The number of urea groups is 1. The van der Waals surface area contributed by atoms with Crippen LogP contribution in [0.2, 0.25) is 0 Å². The molecule has 0 bridgehead atoms. The predicted octanol–water partition coefficient (Wildman–Crippen LogP) is 0.736. The maximum atomic E-state index is 11.5. The Morgan fingerprint density at radius 2 is 1.94 bits per heavy atom. The van der Waals surface area contributed by atoms with Crippen molar-refractivity contribution in [1.82, 2.24) is 4.90 Å². The second kappa shape index (κ2) is 4.72. The lowest BCUT2D eigenvalue weighted by molar-refractivity contribution is 0.230. The quantitative estimate of drug-likeness (QED) is 0.818. The van der Waals surface area contributed by atoms with Crippen molar-refractivity contribution in [1.29, 1.82) is 0 Å². The van der Waals surface area contributed by atoms with Crippen molar-refractivity contribution in [2.75, 3.05) is 19.4 Å². The molecule has 0 fully saturated rings. The minimum absolute atomic E-state index is 0.00839. The summed E-state index contributed by atoms with van der Waals surface area (Å²) in [7, 11) is -0.594. The monoisotopic (exact) mass is 257 g/mol. The number of rotatable bonds is 2. The van der Waals surface area contributed by atoms with Crippen molar-refractivity contribution in [2.45, 2.75) is 11.8 Å². The summed E-state index contributed by atoms with van der Waals surface area (Å²) in [6, 6.07) is 4.21. The van der Waals surface area contributed by atoms with Gasteiger partial charge in [-0.15, -0.1) is 0 Å². The Hall–Kier alpha value is -1.60. The van der Waals surface area contributed by atoms with E-state index in [1.54, 1.807) is 27.1 Å². The van der Waals surface area contributed by atoms with Crippen molar-refractivity contribution in [2.24, 2.45) is 5.14 Å². The highest BCUT2D eigenvalue weighted by Gasteiger charge is 2.15. The number of nitrogens with zero attached hydrogens (tertiary/aromatic N) is 1. The number of anilines is 1. The highest BCUT2D eigenvalue weighted by molar-refractivity contribution is 7.89. The molecule has 17 heavy (non-hydrogen) atoms. The molecule has 0 saturated carbocycles. The van der Waals surface area contributed by atoms with Gasteiger partial charge in [-0.1, -0.05) is 6.07 Å². The molecule has 0 atom stereocenters. The van der Waals surface area contributed by atoms with Crippen LogP contribution in [0.5, 0.6) is 0 Å². The Bertz CT molecular complexity index is 538. The number of nitrogens with two attached hydrogens (primary N) is 1. The Morgan fingerprint density at radius 3 is 2.41 bits per heavy atom. The summed E-state index contributed by atoms with van der Waals surface area (Å²) in [5.41, 5.74) is 0.848. The molecule has 0 spiro atoms. The first-order valence-corrected chi connectivity index (χ1v) is 6.39. The van der Waals surface area contributed by atoms with Gasteiger partial charge in [0, 0.05) is 19.8 Å². The average Bonchev–Trinajstić information content (AvgIpc) is 2.19. The zero-order valence-electron chi connectivity index (χ0n) is 9.89. The van der Waals surface area contributed by atoms with E-state index in [-0.39, 0.29) is 10.9 Å². The standard InChI is InChI=1S/C10H15N3O3S/c1-7-8(12-10(14)13(2)3)5-4-6-9(7)17(11,15)16/h4-6H,1-3H3,(H,12,14)(H2,11,15,16). The molecular weight excluding hydrogens is 242 g/mol. The molecule has 2 amide bonds. The van der Waals surface area contributed by atoms with Crippen molar-refractivity contribution < 1.29 is 13.2 Å². The van der Waals surface area contributed by atoms with E-state index in [2.05, 4.69) is 5.32 Å². The fourth-order valence-electron chi connectivity index (χ4n) is 1.29. The van der Waals surface area contributed by atoms with E-state index in [0.29, 0.717) is 11.3 Å². The van der Waals surface area contributed by atoms with Gasteiger partial charge >= 0.3 is 6.03 Å². The molecule has 1 aromatic rings. The molecule has 0 aliphatic rings. The van der Waals surface area contributed by atoms with E-state index < -0.39 is 10.0 Å². The third-order valence-electron chi connectivity index (χ3n) is 2.24. The topological polar surface area (TPSA) is 92.5 Å². The van der Waals surface area contributed by atoms with Gasteiger partial charge in [-0.3, -0.25) is 0 Å². The fraction of sp³-hybridized carbons (Fsp3) is 0.300. The Balaban J connectivity index is 3.16. The first-order valence-electron chi connectivity index (χ1n) is 4.84. The minimum atomic E-state index is -3.78. The number of carbonyl (C=O) groups excluding carboxylic acids is 1. The molecule has 1 rings (SSSR count).